The highest BCUT2D eigenvalue weighted by Gasteiger charge is 2.29. The Morgan fingerprint density at radius 3 is 2.83 bits per heavy atom. The number of carbonyl (C=O) groups excluding carboxylic acids is 1. The summed E-state index contributed by atoms with van der Waals surface area (Å²) in [5.74, 6) is -0.0783. The highest BCUT2D eigenvalue weighted by Crippen LogP contribution is 2.25. The van der Waals surface area contributed by atoms with Gasteiger partial charge in [0, 0.05) is 24.2 Å². The van der Waals surface area contributed by atoms with E-state index in [0.29, 0.717) is 22.2 Å². The molecule has 0 saturated carbocycles. The summed E-state index contributed by atoms with van der Waals surface area (Å²) in [4.78, 5) is 14.1. The maximum absolute atomic E-state index is 12.3. The third-order valence-corrected chi connectivity index (χ3v) is 3.63. The molecule has 2 N–H and O–H groups in total. The van der Waals surface area contributed by atoms with Crippen LogP contribution in [0, 0.1) is 0 Å². The molecule has 0 radical (unpaired) electrons. The molecule has 2 rings (SSSR count). The highest BCUT2D eigenvalue weighted by molar-refractivity contribution is 6.35. The summed E-state index contributed by atoms with van der Waals surface area (Å²) in [6.45, 7) is 1.23. The Kier molecular flexibility index (Phi) is 5.73. The van der Waals surface area contributed by atoms with E-state index in [-0.39, 0.29) is 24.4 Å². The van der Waals surface area contributed by atoms with Crippen molar-refractivity contribution in [3.05, 3.63) is 33.8 Å². The zero-order valence-electron chi connectivity index (χ0n) is 9.73. The van der Waals surface area contributed by atoms with Crippen LogP contribution in [0.25, 0.3) is 0 Å². The Hall–Kier alpha value is -0.480. The first-order valence-electron chi connectivity index (χ1n) is 5.59. The second-order valence-electron chi connectivity index (χ2n) is 4.15. The van der Waals surface area contributed by atoms with Gasteiger partial charge in [-0.05, 0) is 31.0 Å². The van der Waals surface area contributed by atoms with Crippen molar-refractivity contribution in [2.45, 2.75) is 18.9 Å². The summed E-state index contributed by atoms with van der Waals surface area (Å²) in [5, 5.41) is 0.948. The minimum atomic E-state index is -0.0783. The molecular weight excluding hydrogens is 295 g/mol. The van der Waals surface area contributed by atoms with Crippen LogP contribution in [-0.4, -0.2) is 29.9 Å². The number of nitrogens with zero attached hydrogens (tertiary/aromatic N) is 1. The normalized spacial score (nSPS) is 18.6. The number of halogens is 3. The number of nitrogens with two attached hydrogens (primary N) is 1. The number of rotatable bonds is 2. The molecule has 100 valence electrons. The largest absolute Gasteiger partial charge is 0.334 e. The number of amides is 1. The van der Waals surface area contributed by atoms with Crippen LogP contribution in [0.1, 0.15) is 23.2 Å². The molecule has 0 spiro atoms. The van der Waals surface area contributed by atoms with Crippen LogP contribution < -0.4 is 5.73 Å². The van der Waals surface area contributed by atoms with E-state index in [4.69, 9.17) is 28.9 Å². The number of hydrogen-bond acceptors (Lipinski definition) is 2. The molecule has 1 heterocycles. The average molecular weight is 310 g/mol. The summed E-state index contributed by atoms with van der Waals surface area (Å²) in [7, 11) is 0. The van der Waals surface area contributed by atoms with Crippen molar-refractivity contribution in [3.8, 4) is 0 Å². The first kappa shape index (κ1) is 15.6. The van der Waals surface area contributed by atoms with Gasteiger partial charge in [-0.3, -0.25) is 4.79 Å². The Labute approximate surface area is 123 Å². The van der Waals surface area contributed by atoms with Gasteiger partial charge in [0.05, 0.1) is 10.6 Å². The maximum Gasteiger partial charge on any atom is 0.255 e. The van der Waals surface area contributed by atoms with Gasteiger partial charge in [-0.2, -0.15) is 0 Å². The molecule has 1 unspecified atom stereocenters. The van der Waals surface area contributed by atoms with Crippen molar-refractivity contribution in [2.75, 3.05) is 13.1 Å². The highest BCUT2D eigenvalue weighted by atomic mass is 35.5. The fraction of sp³-hybridized carbons (Fsp3) is 0.417. The molecule has 0 aliphatic carbocycles. The second kappa shape index (κ2) is 6.62. The fourth-order valence-corrected chi connectivity index (χ4v) is 2.53. The SMILES string of the molecule is Cl.NCC1CCCN1C(=O)c1cc(Cl)ccc1Cl. The lowest BCUT2D eigenvalue weighted by Crippen LogP contribution is -2.40. The number of benzene rings is 1. The summed E-state index contributed by atoms with van der Waals surface area (Å²) in [5.41, 5.74) is 6.11. The van der Waals surface area contributed by atoms with Crippen molar-refractivity contribution in [3.63, 3.8) is 0 Å². The minimum absolute atomic E-state index is 0. The van der Waals surface area contributed by atoms with E-state index in [9.17, 15) is 4.79 Å². The molecule has 3 nitrogen and oxygen atoms in total. The molecule has 1 saturated heterocycles. The van der Waals surface area contributed by atoms with E-state index in [0.717, 1.165) is 19.4 Å². The molecule has 1 amide bonds. The number of hydrogen-bond donors (Lipinski definition) is 1. The standard InChI is InChI=1S/C12H14Cl2N2O.ClH/c13-8-3-4-11(14)10(6-8)12(17)16-5-1-2-9(16)7-15;/h3-4,6,9H,1-2,5,7,15H2;1H. The van der Waals surface area contributed by atoms with Gasteiger partial charge in [-0.25, -0.2) is 0 Å². The van der Waals surface area contributed by atoms with Gasteiger partial charge in [0.15, 0.2) is 0 Å². The lowest BCUT2D eigenvalue weighted by atomic mass is 10.1. The number of carbonyl (C=O) groups is 1. The van der Waals surface area contributed by atoms with Gasteiger partial charge in [-0.15, -0.1) is 12.4 Å². The van der Waals surface area contributed by atoms with Crippen LogP contribution in [0.4, 0.5) is 0 Å². The molecule has 1 aromatic rings. The fourth-order valence-electron chi connectivity index (χ4n) is 2.16. The Morgan fingerprint density at radius 1 is 1.44 bits per heavy atom. The number of likely N-dealkylation sites (tertiary alicyclic amines) is 1. The van der Waals surface area contributed by atoms with Crippen LogP contribution in [-0.2, 0) is 0 Å². The van der Waals surface area contributed by atoms with E-state index < -0.39 is 0 Å². The second-order valence-corrected chi connectivity index (χ2v) is 5.00. The minimum Gasteiger partial charge on any atom is -0.334 e. The molecule has 1 aromatic carbocycles. The lowest BCUT2D eigenvalue weighted by Gasteiger charge is -2.24. The van der Waals surface area contributed by atoms with Crippen LogP contribution in [0.2, 0.25) is 10.0 Å². The molecule has 1 aliphatic rings. The van der Waals surface area contributed by atoms with Gasteiger partial charge >= 0.3 is 0 Å². The van der Waals surface area contributed by atoms with Gasteiger partial charge in [0.1, 0.15) is 0 Å². The average Bonchev–Trinajstić information content (AvgIpc) is 2.79. The molecule has 0 aromatic heterocycles. The van der Waals surface area contributed by atoms with Crippen molar-refractivity contribution in [1.82, 2.24) is 4.90 Å². The first-order chi connectivity index (χ1) is 8.13. The van der Waals surface area contributed by atoms with E-state index >= 15 is 0 Å². The smallest absolute Gasteiger partial charge is 0.255 e. The van der Waals surface area contributed by atoms with Gasteiger partial charge in [-0.1, -0.05) is 23.2 Å². The molecule has 0 bridgehead atoms. The van der Waals surface area contributed by atoms with Crippen molar-refractivity contribution >= 4 is 41.5 Å². The molecule has 6 heteroatoms. The van der Waals surface area contributed by atoms with Crippen molar-refractivity contribution in [2.24, 2.45) is 5.73 Å². The quantitative estimate of drug-likeness (QED) is 0.913. The molecule has 1 atom stereocenters. The molecule has 1 aliphatic heterocycles. The predicted molar refractivity (Wildman–Crippen MR) is 76.8 cm³/mol. The molecule has 1 fully saturated rings. The lowest BCUT2D eigenvalue weighted by molar-refractivity contribution is 0.0741. The maximum atomic E-state index is 12.3. The summed E-state index contributed by atoms with van der Waals surface area (Å²) in [6, 6.07) is 5.05. The Bertz CT molecular complexity index is 439. The Morgan fingerprint density at radius 2 is 2.17 bits per heavy atom. The van der Waals surface area contributed by atoms with Gasteiger partial charge in [0.25, 0.3) is 5.91 Å². The zero-order valence-corrected chi connectivity index (χ0v) is 12.1. The van der Waals surface area contributed by atoms with Gasteiger partial charge < -0.3 is 10.6 Å². The summed E-state index contributed by atoms with van der Waals surface area (Å²) >= 11 is 11.9. The van der Waals surface area contributed by atoms with Crippen LogP contribution in [0.5, 0.6) is 0 Å². The summed E-state index contributed by atoms with van der Waals surface area (Å²) in [6.07, 6.45) is 1.95. The summed E-state index contributed by atoms with van der Waals surface area (Å²) < 4.78 is 0. The van der Waals surface area contributed by atoms with Crippen LogP contribution in [0.3, 0.4) is 0 Å². The molecular formula is C12H15Cl3N2O. The van der Waals surface area contributed by atoms with Crippen molar-refractivity contribution < 1.29 is 4.79 Å². The van der Waals surface area contributed by atoms with Crippen LogP contribution >= 0.6 is 35.6 Å². The van der Waals surface area contributed by atoms with Gasteiger partial charge in [0.2, 0.25) is 0 Å². The Balaban J connectivity index is 0.00000162. The zero-order chi connectivity index (χ0) is 12.4. The third-order valence-electron chi connectivity index (χ3n) is 3.07. The van der Waals surface area contributed by atoms with Crippen LogP contribution in [0.15, 0.2) is 18.2 Å². The monoisotopic (exact) mass is 308 g/mol. The van der Waals surface area contributed by atoms with E-state index in [1.165, 1.54) is 0 Å². The predicted octanol–water partition coefficient (Wildman–Crippen LogP) is 2.98. The van der Waals surface area contributed by atoms with E-state index in [1.807, 2.05) is 0 Å². The third kappa shape index (κ3) is 3.09. The van der Waals surface area contributed by atoms with E-state index in [2.05, 4.69) is 0 Å². The molecule has 18 heavy (non-hydrogen) atoms. The van der Waals surface area contributed by atoms with Crippen molar-refractivity contribution in [1.29, 1.82) is 0 Å². The van der Waals surface area contributed by atoms with E-state index in [1.54, 1.807) is 23.1 Å². The topological polar surface area (TPSA) is 46.3 Å². The first-order valence-corrected chi connectivity index (χ1v) is 6.35.